The molecule has 0 saturated heterocycles. The largest absolute Gasteiger partial charge is 0.371 e. The lowest BCUT2D eigenvalue weighted by Crippen LogP contribution is -2.30. The van der Waals surface area contributed by atoms with Gasteiger partial charge in [0.2, 0.25) is 5.91 Å². The lowest BCUT2D eigenvalue weighted by molar-refractivity contribution is -0.383. The third-order valence-corrected chi connectivity index (χ3v) is 3.86. The molecule has 8 heteroatoms. The summed E-state index contributed by atoms with van der Waals surface area (Å²) in [5, 5.41) is 16.5. The van der Waals surface area contributed by atoms with E-state index in [1.165, 1.54) is 6.07 Å². The highest BCUT2D eigenvalue weighted by atomic mass is 16.6. The third-order valence-electron chi connectivity index (χ3n) is 3.86. The predicted octanol–water partition coefficient (Wildman–Crippen LogP) is 2.21. The maximum atomic E-state index is 12.0. The van der Waals surface area contributed by atoms with Gasteiger partial charge >= 0.3 is 0 Å². The van der Waals surface area contributed by atoms with E-state index in [1.54, 1.807) is 18.2 Å². The van der Waals surface area contributed by atoms with Crippen molar-refractivity contribution in [3.05, 3.63) is 64.5 Å². The van der Waals surface area contributed by atoms with Gasteiger partial charge in [-0.05, 0) is 18.2 Å². The fourth-order valence-corrected chi connectivity index (χ4v) is 2.55. The Morgan fingerprint density at radius 2 is 1.92 bits per heavy atom. The van der Waals surface area contributed by atoms with Crippen molar-refractivity contribution in [2.24, 2.45) is 7.05 Å². The number of nitrogens with one attached hydrogen (secondary N) is 2. The Morgan fingerprint density at radius 1 is 1.20 bits per heavy atom. The summed E-state index contributed by atoms with van der Waals surface area (Å²) in [4.78, 5) is 27.0. The number of aryl methyl sites for hydroxylation is 1. The number of para-hydroxylation sites is 4. The number of aromatic nitrogens is 2. The highest BCUT2D eigenvalue weighted by Crippen LogP contribution is 2.22. The maximum Gasteiger partial charge on any atom is 0.292 e. The fourth-order valence-electron chi connectivity index (χ4n) is 2.55. The molecule has 0 atom stereocenters. The van der Waals surface area contributed by atoms with E-state index in [2.05, 4.69) is 15.6 Å². The number of nitro groups is 1. The zero-order valence-corrected chi connectivity index (χ0v) is 13.6. The van der Waals surface area contributed by atoms with Gasteiger partial charge in [0, 0.05) is 13.1 Å². The normalized spacial score (nSPS) is 10.6. The number of nitrogens with zero attached hydrogens (tertiary/aromatic N) is 3. The number of fused-ring (bicyclic) bond motifs is 1. The lowest BCUT2D eigenvalue weighted by Gasteiger charge is -2.08. The lowest BCUT2D eigenvalue weighted by atomic mass is 10.2. The smallest absolute Gasteiger partial charge is 0.292 e. The van der Waals surface area contributed by atoms with Crippen molar-refractivity contribution in [1.29, 1.82) is 0 Å². The summed E-state index contributed by atoms with van der Waals surface area (Å²) in [6.45, 7) is 0.220. The summed E-state index contributed by atoms with van der Waals surface area (Å²) in [6, 6.07) is 13.9. The van der Waals surface area contributed by atoms with Gasteiger partial charge in [0.25, 0.3) is 5.69 Å². The van der Waals surface area contributed by atoms with Gasteiger partial charge in [0.05, 0.1) is 29.0 Å². The summed E-state index contributed by atoms with van der Waals surface area (Å²) in [6.07, 6.45) is 0. The van der Waals surface area contributed by atoms with Crippen LogP contribution in [0.5, 0.6) is 0 Å². The Hall–Kier alpha value is -3.42. The molecule has 0 spiro atoms. The Morgan fingerprint density at radius 3 is 2.68 bits per heavy atom. The Balaban J connectivity index is 1.60. The van der Waals surface area contributed by atoms with E-state index in [0.29, 0.717) is 5.69 Å². The van der Waals surface area contributed by atoms with Crippen LogP contribution in [-0.2, 0) is 18.4 Å². The van der Waals surface area contributed by atoms with Crippen LogP contribution in [0, 0.1) is 10.1 Å². The molecule has 1 heterocycles. The van der Waals surface area contributed by atoms with Crippen molar-refractivity contribution < 1.29 is 9.72 Å². The van der Waals surface area contributed by atoms with E-state index in [9.17, 15) is 14.9 Å². The fraction of sp³-hybridized carbons (Fsp3) is 0.176. The molecule has 3 rings (SSSR count). The molecule has 2 N–H and O–H groups in total. The van der Waals surface area contributed by atoms with Crippen molar-refractivity contribution >= 4 is 28.3 Å². The number of amides is 1. The Labute approximate surface area is 143 Å². The van der Waals surface area contributed by atoms with E-state index in [-0.39, 0.29) is 24.7 Å². The summed E-state index contributed by atoms with van der Waals surface area (Å²) in [5.74, 6) is 0.463. The maximum absolute atomic E-state index is 12.0. The standard InChI is InChI=1S/C17H17N5O3/c1-21-14-8-4-3-7-13(14)20-16(21)10-19-17(23)11-18-12-6-2-5-9-15(12)22(24)25/h2-9,18H,10-11H2,1H3,(H,19,23). The number of hydrogen-bond donors (Lipinski definition) is 2. The monoisotopic (exact) mass is 339 g/mol. The number of anilines is 1. The van der Waals surface area contributed by atoms with Gasteiger partial charge in [-0.15, -0.1) is 0 Å². The second-order valence-electron chi connectivity index (χ2n) is 5.48. The van der Waals surface area contributed by atoms with Crippen molar-refractivity contribution in [3.8, 4) is 0 Å². The summed E-state index contributed by atoms with van der Waals surface area (Å²) < 4.78 is 1.92. The van der Waals surface area contributed by atoms with E-state index < -0.39 is 4.92 Å². The molecule has 1 amide bonds. The molecule has 3 aromatic rings. The minimum absolute atomic E-state index is 0.0607. The summed E-state index contributed by atoms with van der Waals surface area (Å²) in [7, 11) is 1.89. The molecule has 0 unspecified atom stereocenters. The van der Waals surface area contributed by atoms with Crippen LogP contribution in [0.3, 0.4) is 0 Å². The Bertz CT molecular complexity index is 935. The molecule has 128 valence electrons. The van der Waals surface area contributed by atoms with Crippen molar-refractivity contribution in [2.75, 3.05) is 11.9 Å². The first-order chi connectivity index (χ1) is 12.1. The zero-order valence-electron chi connectivity index (χ0n) is 13.6. The second-order valence-corrected chi connectivity index (χ2v) is 5.48. The molecular formula is C17H17N5O3. The molecule has 0 bridgehead atoms. The molecule has 2 aromatic carbocycles. The molecule has 0 fully saturated rings. The number of rotatable bonds is 6. The number of carbonyl (C=O) groups excluding carboxylic acids is 1. The minimum Gasteiger partial charge on any atom is -0.371 e. The van der Waals surface area contributed by atoms with Crippen LogP contribution in [0.4, 0.5) is 11.4 Å². The zero-order chi connectivity index (χ0) is 17.8. The first-order valence-corrected chi connectivity index (χ1v) is 7.70. The molecule has 0 saturated carbocycles. The number of carbonyl (C=O) groups is 1. The minimum atomic E-state index is -0.486. The average Bonchev–Trinajstić information content (AvgIpc) is 2.94. The average molecular weight is 339 g/mol. The number of hydrogen-bond acceptors (Lipinski definition) is 5. The van der Waals surface area contributed by atoms with E-state index in [1.807, 2.05) is 35.9 Å². The van der Waals surface area contributed by atoms with Gasteiger partial charge in [0.15, 0.2) is 0 Å². The van der Waals surface area contributed by atoms with Gasteiger partial charge < -0.3 is 15.2 Å². The highest BCUT2D eigenvalue weighted by molar-refractivity contribution is 5.82. The van der Waals surface area contributed by atoms with Crippen molar-refractivity contribution in [2.45, 2.75) is 6.54 Å². The van der Waals surface area contributed by atoms with Gasteiger partial charge in [-0.25, -0.2) is 4.98 Å². The van der Waals surface area contributed by atoms with Gasteiger partial charge in [0.1, 0.15) is 11.5 Å². The van der Waals surface area contributed by atoms with Gasteiger partial charge in [-0.2, -0.15) is 0 Å². The van der Waals surface area contributed by atoms with Gasteiger partial charge in [-0.3, -0.25) is 14.9 Å². The van der Waals surface area contributed by atoms with E-state index in [4.69, 9.17) is 0 Å². The quantitative estimate of drug-likeness (QED) is 0.529. The number of nitro benzene ring substituents is 1. The van der Waals surface area contributed by atoms with Crippen molar-refractivity contribution in [1.82, 2.24) is 14.9 Å². The predicted molar refractivity (Wildman–Crippen MR) is 94.1 cm³/mol. The van der Waals surface area contributed by atoms with Crippen LogP contribution in [0.2, 0.25) is 0 Å². The van der Waals surface area contributed by atoms with Crippen molar-refractivity contribution in [3.63, 3.8) is 0 Å². The number of benzene rings is 2. The first kappa shape index (κ1) is 16.4. The van der Waals surface area contributed by atoms with E-state index in [0.717, 1.165) is 16.9 Å². The topological polar surface area (TPSA) is 102 Å². The molecule has 1 aromatic heterocycles. The number of imidazole rings is 1. The third kappa shape index (κ3) is 3.57. The second kappa shape index (κ2) is 7.00. The van der Waals surface area contributed by atoms with Crippen LogP contribution in [0.1, 0.15) is 5.82 Å². The molecule has 0 aliphatic rings. The van der Waals surface area contributed by atoms with Crippen LogP contribution in [0.25, 0.3) is 11.0 Å². The van der Waals surface area contributed by atoms with Crippen LogP contribution >= 0.6 is 0 Å². The molecule has 25 heavy (non-hydrogen) atoms. The molecule has 0 aliphatic carbocycles. The van der Waals surface area contributed by atoms with E-state index >= 15 is 0 Å². The van der Waals surface area contributed by atoms with Crippen LogP contribution < -0.4 is 10.6 Å². The van der Waals surface area contributed by atoms with Gasteiger partial charge in [-0.1, -0.05) is 24.3 Å². The molecule has 0 radical (unpaired) electrons. The molecule has 0 aliphatic heterocycles. The van der Waals surface area contributed by atoms with Crippen LogP contribution in [0.15, 0.2) is 48.5 Å². The SMILES string of the molecule is Cn1c(CNC(=O)CNc2ccccc2[N+](=O)[O-])nc2ccccc21. The molecular weight excluding hydrogens is 322 g/mol. The summed E-state index contributed by atoms with van der Waals surface area (Å²) >= 11 is 0. The Kier molecular flexibility index (Phi) is 4.60. The molecule has 8 nitrogen and oxygen atoms in total. The van der Waals surface area contributed by atoms with Crippen LogP contribution in [-0.4, -0.2) is 26.9 Å². The highest BCUT2D eigenvalue weighted by Gasteiger charge is 2.13. The summed E-state index contributed by atoms with van der Waals surface area (Å²) in [5.41, 5.74) is 2.10. The first-order valence-electron chi connectivity index (χ1n) is 7.70.